The molecule has 0 heterocycles. The maximum Gasteiger partial charge on any atom is 0.254 e. The summed E-state index contributed by atoms with van der Waals surface area (Å²) >= 11 is 0. The number of amides is 1. The molecule has 3 rings (SSSR count). The van der Waals surface area contributed by atoms with Crippen molar-refractivity contribution in [2.45, 2.75) is 45.1 Å². The van der Waals surface area contributed by atoms with Gasteiger partial charge < -0.3 is 14.4 Å². The van der Waals surface area contributed by atoms with Gasteiger partial charge in [0.25, 0.3) is 5.91 Å². The topological polar surface area (TPSA) is 38.8 Å². The van der Waals surface area contributed by atoms with Crippen molar-refractivity contribution in [3.05, 3.63) is 59.2 Å². The molecule has 0 spiro atoms. The lowest BCUT2D eigenvalue weighted by atomic mass is 10.1. The van der Waals surface area contributed by atoms with Gasteiger partial charge in [-0.15, -0.1) is 0 Å². The summed E-state index contributed by atoms with van der Waals surface area (Å²) in [5.41, 5.74) is 2.80. The number of methoxy groups -OCH3 is 2. The summed E-state index contributed by atoms with van der Waals surface area (Å²) in [7, 11) is 3.25. The van der Waals surface area contributed by atoms with E-state index >= 15 is 0 Å². The van der Waals surface area contributed by atoms with Gasteiger partial charge in [0.1, 0.15) is 11.5 Å². The molecule has 0 unspecified atom stereocenters. The van der Waals surface area contributed by atoms with Crippen molar-refractivity contribution in [3.8, 4) is 11.5 Å². The molecular weight excluding hydrogens is 338 g/mol. The van der Waals surface area contributed by atoms with Crippen LogP contribution < -0.4 is 9.47 Å². The zero-order valence-corrected chi connectivity index (χ0v) is 16.5. The van der Waals surface area contributed by atoms with Crippen LogP contribution in [0.5, 0.6) is 11.5 Å². The zero-order valence-electron chi connectivity index (χ0n) is 16.5. The fourth-order valence-electron chi connectivity index (χ4n) is 3.94. The van der Waals surface area contributed by atoms with Crippen molar-refractivity contribution in [2.75, 3.05) is 20.8 Å². The Morgan fingerprint density at radius 1 is 1.04 bits per heavy atom. The molecule has 1 fully saturated rings. The van der Waals surface area contributed by atoms with Gasteiger partial charge in [-0.1, -0.05) is 43.2 Å². The van der Waals surface area contributed by atoms with Crippen LogP contribution in [0.4, 0.5) is 0 Å². The molecule has 0 N–H and O–H groups in total. The first-order chi connectivity index (χ1) is 13.1. The predicted octanol–water partition coefficient (Wildman–Crippen LogP) is 4.64. The van der Waals surface area contributed by atoms with Crippen LogP contribution in [0.15, 0.2) is 42.5 Å². The summed E-state index contributed by atoms with van der Waals surface area (Å²) in [4.78, 5) is 15.5. The molecular formula is C23H29NO3. The van der Waals surface area contributed by atoms with E-state index < -0.39 is 0 Å². The molecule has 2 aromatic carbocycles. The molecule has 1 aliphatic carbocycles. The summed E-state index contributed by atoms with van der Waals surface area (Å²) in [5.74, 6) is 1.44. The molecule has 0 atom stereocenters. The van der Waals surface area contributed by atoms with Gasteiger partial charge in [-0.2, -0.15) is 0 Å². The molecule has 0 radical (unpaired) electrons. The normalized spacial score (nSPS) is 14.2. The Morgan fingerprint density at radius 2 is 1.63 bits per heavy atom. The summed E-state index contributed by atoms with van der Waals surface area (Å²) in [5, 5.41) is 0. The first-order valence-electron chi connectivity index (χ1n) is 9.71. The van der Waals surface area contributed by atoms with Crippen molar-refractivity contribution in [1.82, 2.24) is 4.90 Å². The molecule has 144 valence electrons. The number of nitrogens with zero attached hydrogens (tertiary/aromatic N) is 1. The van der Waals surface area contributed by atoms with Crippen molar-refractivity contribution in [1.29, 1.82) is 0 Å². The van der Waals surface area contributed by atoms with E-state index in [0.717, 1.165) is 31.4 Å². The second-order valence-electron chi connectivity index (χ2n) is 7.18. The molecule has 0 bridgehead atoms. The molecule has 1 aliphatic rings. The van der Waals surface area contributed by atoms with Crippen molar-refractivity contribution < 1.29 is 14.3 Å². The minimum Gasteiger partial charge on any atom is -0.496 e. The molecule has 2 aromatic rings. The lowest BCUT2D eigenvalue weighted by molar-refractivity contribution is 0.0683. The highest BCUT2D eigenvalue weighted by molar-refractivity contribution is 5.95. The van der Waals surface area contributed by atoms with Gasteiger partial charge in [0.15, 0.2) is 0 Å². The van der Waals surface area contributed by atoms with Gasteiger partial charge in [0.05, 0.1) is 14.2 Å². The van der Waals surface area contributed by atoms with Crippen LogP contribution in [0, 0.1) is 6.92 Å². The molecule has 4 nitrogen and oxygen atoms in total. The average Bonchev–Trinajstić information content (AvgIpc) is 3.23. The fraction of sp³-hybridized carbons (Fsp3) is 0.435. The van der Waals surface area contributed by atoms with E-state index in [9.17, 15) is 4.79 Å². The average molecular weight is 367 g/mol. The summed E-state index contributed by atoms with van der Waals surface area (Å²) < 4.78 is 10.9. The Balaban J connectivity index is 1.86. The van der Waals surface area contributed by atoms with Gasteiger partial charge >= 0.3 is 0 Å². The van der Waals surface area contributed by atoms with Crippen LogP contribution >= 0.6 is 0 Å². The van der Waals surface area contributed by atoms with Crippen LogP contribution in [-0.4, -0.2) is 37.6 Å². The van der Waals surface area contributed by atoms with Crippen LogP contribution in [0.25, 0.3) is 0 Å². The second kappa shape index (κ2) is 8.94. The van der Waals surface area contributed by atoms with Gasteiger partial charge in [0.2, 0.25) is 0 Å². The van der Waals surface area contributed by atoms with Gasteiger partial charge in [-0.3, -0.25) is 4.79 Å². The Labute approximate surface area is 162 Å². The molecule has 1 saturated carbocycles. The van der Waals surface area contributed by atoms with Gasteiger partial charge in [-0.05, 0) is 43.9 Å². The van der Waals surface area contributed by atoms with Crippen molar-refractivity contribution in [2.24, 2.45) is 0 Å². The maximum absolute atomic E-state index is 13.4. The Kier molecular flexibility index (Phi) is 6.38. The van der Waals surface area contributed by atoms with Crippen LogP contribution in [0.2, 0.25) is 0 Å². The summed E-state index contributed by atoms with van der Waals surface area (Å²) in [6, 6.07) is 14.4. The highest BCUT2D eigenvalue weighted by atomic mass is 16.5. The summed E-state index contributed by atoms with van der Waals surface area (Å²) in [6.07, 6.45) is 5.42. The van der Waals surface area contributed by atoms with E-state index in [1.807, 2.05) is 37.3 Å². The lowest BCUT2D eigenvalue weighted by Gasteiger charge is -2.29. The third-order valence-electron chi connectivity index (χ3n) is 5.51. The molecule has 27 heavy (non-hydrogen) atoms. The molecule has 4 heteroatoms. The first-order valence-corrected chi connectivity index (χ1v) is 9.71. The van der Waals surface area contributed by atoms with Crippen molar-refractivity contribution in [3.63, 3.8) is 0 Å². The van der Waals surface area contributed by atoms with E-state index in [4.69, 9.17) is 9.47 Å². The minimum absolute atomic E-state index is 0.0643. The van der Waals surface area contributed by atoms with Gasteiger partial charge in [0, 0.05) is 23.7 Å². The third kappa shape index (κ3) is 4.44. The molecule has 0 aliphatic heterocycles. The maximum atomic E-state index is 13.4. The number of hydrogen-bond acceptors (Lipinski definition) is 3. The third-order valence-corrected chi connectivity index (χ3v) is 5.51. The van der Waals surface area contributed by atoms with E-state index in [2.05, 4.69) is 17.0 Å². The molecule has 0 saturated heterocycles. The van der Waals surface area contributed by atoms with E-state index in [1.54, 1.807) is 14.2 Å². The number of benzene rings is 2. The highest BCUT2D eigenvalue weighted by Gasteiger charge is 2.28. The molecule has 1 amide bonds. The fourth-order valence-corrected chi connectivity index (χ4v) is 3.94. The van der Waals surface area contributed by atoms with E-state index in [1.165, 1.54) is 18.4 Å². The number of rotatable bonds is 7. The lowest BCUT2D eigenvalue weighted by Crippen LogP contribution is -2.40. The Morgan fingerprint density at radius 3 is 2.19 bits per heavy atom. The quantitative estimate of drug-likeness (QED) is 0.716. The summed E-state index contributed by atoms with van der Waals surface area (Å²) in [6.45, 7) is 2.67. The Hall–Kier alpha value is -2.49. The number of hydrogen-bond donors (Lipinski definition) is 0. The predicted molar refractivity (Wildman–Crippen MR) is 108 cm³/mol. The molecule has 0 aromatic heterocycles. The first kappa shape index (κ1) is 19.3. The SMILES string of the molecule is COc1cc(C(=O)N(CCc2ccccc2)C2CCCC2)cc(OC)c1C. The highest BCUT2D eigenvalue weighted by Crippen LogP contribution is 2.31. The Bertz CT molecular complexity index is 741. The number of carbonyl (C=O) groups excluding carboxylic acids is 1. The standard InChI is InChI=1S/C23H29NO3/c1-17-21(26-2)15-19(16-22(17)27-3)23(25)24(20-11-7-8-12-20)14-13-18-9-5-4-6-10-18/h4-6,9-10,15-16,20H,7-8,11-14H2,1-3H3. The van der Waals surface area contributed by atoms with Crippen LogP contribution in [-0.2, 0) is 6.42 Å². The van der Waals surface area contributed by atoms with Crippen molar-refractivity contribution >= 4 is 5.91 Å². The second-order valence-corrected chi connectivity index (χ2v) is 7.18. The smallest absolute Gasteiger partial charge is 0.254 e. The largest absolute Gasteiger partial charge is 0.496 e. The monoisotopic (exact) mass is 367 g/mol. The zero-order chi connectivity index (χ0) is 19.2. The number of ether oxygens (including phenoxy) is 2. The number of carbonyl (C=O) groups is 1. The van der Waals surface area contributed by atoms with E-state index in [0.29, 0.717) is 23.1 Å². The van der Waals surface area contributed by atoms with Crippen LogP contribution in [0.3, 0.4) is 0 Å². The van der Waals surface area contributed by atoms with E-state index in [-0.39, 0.29) is 5.91 Å². The minimum atomic E-state index is 0.0643. The van der Waals surface area contributed by atoms with Crippen LogP contribution in [0.1, 0.15) is 47.2 Å². The van der Waals surface area contributed by atoms with Gasteiger partial charge in [-0.25, -0.2) is 0 Å².